The zero-order chi connectivity index (χ0) is 24.7. The van der Waals surface area contributed by atoms with Crippen molar-refractivity contribution in [1.29, 1.82) is 0 Å². The maximum atomic E-state index is 14.5. The highest BCUT2D eigenvalue weighted by molar-refractivity contribution is 5.95. The number of para-hydroxylation sites is 1. The summed E-state index contributed by atoms with van der Waals surface area (Å²) in [7, 11) is 1.48. The lowest BCUT2D eigenvalue weighted by molar-refractivity contribution is -0.151. The molecule has 35 heavy (non-hydrogen) atoms. The SMILES string of the molecule is COc1cccc2c(N3CCc4ccccc4C3C(F)(F)F)nc(Nc3ccc(F)cc3C)nc12. The van der Waals surface area contributed by atoms with Crippen molar-refractivity contribution in [2.75, 3.05) is 23.9 Å². The molecule has 0 fully saturated rings. The van der Waals surface area contributed by atoms with Crippen LogP contribution >= 0.6 is 0 Å². The van der Waals surface area contributed by atoms with Crippen LogP contribution in [-0.2, 0) is 6.42 Å². The Morgan fingerprint density at radius 1 is 1.03 bits per heavy atom. The molecule has 1 unspecified atom stereocenters. The lowest BCUT2D eigenvalue weighted by Gasteiger charge is -2.39. The molecular weight excluding hydrogens is 460 g/mol. The van der Waals surface area contributed by atoms with Gasteiger partial charge in [0.1, 0.15) is 22.9 Å². The van der Waals surface area contributed by atoms with Crippen LogP contribution in [0.25, 0.3) is 10.9 Å². The van der Waals surface area contributed by atoms with Gasteiger partial charge < -0.3 is 15.0 Å². The van der Waals surface area contributed by atoms with Crippen LogP contribution in [0.4, 0.5) is 35.0 Å². The van der Waals surface area contributed by atoms with Crippen LogP contribution in [-0.4, -0.2) is 29.8 Å². The zero-order valence-electron chi connectivity index (χ0n) is 19.0. The average molecular weight is 482 g/mol. The number of fused-ring (bicyclic) bond motifs is 2. The van der Waals surface area contributed by atoms with E-state index < -0.39 is 18.0 Å². The van der Waals surface area contributed by atoms with Crippen molar-refractivity contribution in [2.24, 2.45) is 0 Å². The Morgan fingerprint density at radius 2 is 1.83 bits per heavy atom. The van der Waals surface area contributed by atoms with Crippen LogP contribution in [0, 0.1) is 12.7 Å². The molecule has 180 valence electrons. The standard InChI is InChI=1S/C26H22F4N4O/c1-15-14-17(27)10-11-20(15)31-25-32-22-19(8-5-9-21(22)35-2)24(33-25)34-13-12-16-6-3-4-7-18(16)23(34)26(28,29)30/h3-11,14,23H,12-13H2,1-2H3,(H,31,32,33). The van der Waals surface area contributed by atoms with Gasteiger partial charge in [-0.25, -0.2) is 9.37 Å². The molecule has 4 aromatic rings. The first-order valence-corrected chi connectivity index (χ1v) is 11.1. The summed E-state index contributed by atoms with van der Waals surface area (Å²) in [5.74, 6) is 0.250. The Hall–Kier alpha value is -3.88. The molecule has 1 aliphatic rings. The van der Waals surface area contributed by atoms with Crippen molar-refractivity contribution in [2.45, 2.75) is 25.6 Å². The number of ether oxygens (including phenoxy) is 1. The number of anilines is 3. The summed E-state index contributed by atoms with van der Waals surface area (Å²) >= 11 is 0. The molecule has 0 saturated heterocycles. The van der Waals surface area contributed by atoms with Crippen molar-refractivity contribution < 1.29 is 22.3 Å². The summed E-state index contributed by atoms with van der Waals surface area (Å²) < 4.78 is 62.5. The van der Waals surface area contributed by atoms with Crippen LogP contribution in [0.5, 0.6) is 5.75 Å². The predicted molar refractivity (Wildman–Crippen MR) is 127 cm³/mol. The smallest absolute Gasteiger partial charge is 0.413 e. The van der Waals surface area contributed by atoms with E-state index in [2.05, 4.69) is 15.3 Å². The van der Waals surface area contributed by atoms with Gasteiger partial charge in [0.05, 0.1) is 7.11 Å². The van der Waals surface area contributed by atoms with Gasteiger partial charge in [0.25, 0.3) is 0 Å². The Kier molecular flexibility index (Phi) is 5.70. The first-order chi connectivity index (χ1) is 16.8. The highest BCUT2D eigenvalue weighted by Gasteiger charge is 2.48. The number of halogens is 4. The molecule has 9 heteroatoms. The molecule has 0 aliphatic carbocycles. The molecule has 1 N–H and O–H groups in total. The summed E-state index contributed by atoms with van der Waals surface area (Å²) in [6.45, 7) is 1.84. The predicted octanol–water partition coefficient (Wildman–Crippen LogP) is 6.50. The zero-order valence-corrected chi connectivity index (χ0v) is 19.0. The van der Waals surface area contributed by atoms with Gasteiger partial charge in [-0.15, -0.1) is 0 Å². The van der Waals surface area contributed by atoms with Crippen LogP contribution in [0.2, 0.25) is 0 Å². The normalized spacial score (nSPS) is 15.7. The monoisotopic (exact) mass is 482 g/mol. The quantitative estimate of drug-likeness (QED) is 0.337. The Morgan fingerprint density at radius 3 is 2.57 bits per heavy atom. The van der Waals surface area contributed by atoms with Crippen molar-refractivity contribution in [3.63, 3.8) is 0 Å². The van der Waals surface area contributed by atoms with Gasteiger partial charge in [0, 0.05) is 17.6 Å². The third kappa shape index (κ3) is 4.22. The highest BCUT2D eigenvalue weighted by Crippen LogP contribution is 2.45. The maximum absolute atomic E-state index is 14.5. The third-order valence-electron chi connectivity index (χ3n) is 6.19. The van der Waals surface area contributed by atoms with Crippen LogP contribution in [0.1, 0.15) is 22.7 Å². The number of rotatable bonds is 4. The molecule has 0 spiro atoms. The highest BCUT2D eigenvalue weighted by atomic mass is 19.4. The van der Waals surface area contributed by atoms with E-state index >= 15 is 0 Å². The Bertz CT molecular complexity index is 1410. The van der Waals surface area contributed by atoms with E-state index in [0.29, 0.717) is 39.9 Å². The molecule has 0 amide bonds. The van der Waals surface area contributed by atoms with Gasteiger partial charge in [-0.05, 0) is 60.4 Å². The molecule has 1 atom stereocenters. The molecule has 5 rings (SSSR count). The van der Waals surface area contributed by atoms with Crippen LogP contribution < -0.4 is 15.0 Å². The van der Waals surface area contributed by atoms with E-state index in [0.717, 1.165) is 0 Å². The van der Waals surface area contributed by atoms with Crippen molar-refractivity contribution in [1.82, 2.24) is 9.97 Å². The topological polar surface area (TPSA) is 50.3 Å². The van der Waals surface area contributed by atoms with Gasteiger partial charge in [-0.3, -0.25) is 0 Å². The Balaban J connectivity index is 1.70. The molecule has 1 aromatic heterocycles. The van der Waals surface area contributed by atoms with Gasteiger partial charge in [-0.1, -0.05) is 30.3 Å². The second-order valence-corrected chi connectivity index (χ2v) is 8.40. The fraction of sp³-hybridized carbons (Fsp3) is 0.231. The fourth-order valence-electron chi connectivity index (χ4n) is 4.58. The minimum atomic E-state index is -4.53. The molecule has 2 heterocycles. The molecule has 0 radical (unpaired) electrons. The number of methoxy groups -OCH3 is 1. The van der Waals surface area contributed by atoms with E-state index in [9.17, 15) is 17.6 Å². The van der Waals surface area contributed by atoms with E-state index in [1.807, 2.05) is 0 Å². The van der Waals surface area contributed by atoms with E-state index in [4.69, 9.17) is 4.74 Å². The van der Waals surface area contributed by atoms with E-state index in [1.165, 1.54) is 36.3 Å². The molecule has 5 nitrogen and oxygen atoms in total. The number of benzene rings is 3. The second kappa shape index (κ2) is 8.72. The minimum Gasteiger partial charge on any atom is -0.494 e. The lowest BCUT2D eigenvalue weighted by atomic mass is 9.92. The second-order valence-electron chi connectivity index (χ2n) is 8.40. The summed E-state index contributed by atoms with van der Waals surface area (Å²) in [5.41, 5.74) is 2.41. The number of nitrogens with one attached hydrogen (secondary N) is 1. The maximum Gasteiger partial charge on any atom is 0.413 e. The van der Waals surface area contributed by atoms with Crippen LogP contribution in [0.15, 0.2) is 60.7 Å². The molecular formula is C26H22F4N4O. The molecule has 1 aliphatic heterocycles. The molecule has 3 aromatic carbocycles. The van der Waals surface area contributed by atoms with Crippen LogP contribution in [0.3, 0.4) is 0 Å². The Labute approximate surface area is 199 Å². The van der Waals surface area contributed by atoms with E-state index in [-0.39, 0.29) is 23.9 Å². The number of hydrogen-bond donors (Lipinski definition) is 1. The van der Waals surface area contributed by atoms with Gasteiger partial charge in [0.2, 0.25) is 5.95 Å². The number of nitrogens with zero attached hydrogens (tertiary/aromatic N) is 3. The first kappa shape index (κ1) is 22.9. The van der Waals surface area contributed by atoms with Crippen molar-refractivity contribution in [3.8, 4) is 5.75 Å². The number of aryl methyl sites for hydroxylation is 1. The summed E-state index contributed by atoms with van der Waals surface area (Å²) in [6.07, 6.45) is -4.09. The van der Waals surface area contributed by atoms with E-state index in [1.54, 1.807) is 43.3 Å². The first-order valence-electron chi connectivity index (χ1n) is 11.1. The largest absolute Gasteiger partial charge is 0.494 e. The number of alkyl halides is 3. The van der Waals surface area contributed by atoms with Gasteiger partial charge in [0.15, 0.2) is 6.04 Å². The molecule has 0 bridgehead atoms. The summed E-state index contributed by atoms with van der Waals surface area (Å²) in [5, 5.41) is 3.49. The minimum absolute atomic E-state index is 0.0893. The van der Waals surface area contributed by atoms with Crippen molar-refractivity contribution >= 4 is 28.4 Å². The summed E-state index contributed by atoms with van der Waals surface area (Å²) in [6, 6.07) is 14.0. The summed E-state index contributed by atoms with van der Waals surface area (Å²) in [4.78, 5) is 10.4. The number of aromatic nitrogens is 2. The van der Waals surface area contributed by atoms with Gasteiger partial charge in [-0.2, -0.15) is 18.2 Å². The average Bonchev–Trinajstić information content (AvgIpc) is 2.83. The third-order valence-corrected chi connectivity index (χ3v) is 6.19. The lowest BCUT2D eigenvalue weighted by Crippen LogP contribution is -2.44. The van der Waals surface area contributed by atoms with Crippen molar-refractivity contribution in [3.05, 3.63) is 83.2 Å². The number of hydrogen-bond acceptors (Lipinski definition) is 5. The van der Waals surface area contributed by atoms with Gasteiger partial charge >= 0.3 is 6.18 Å². The molecule has 0 saturated carbocycles. The fourth-order valence-corrected chi connectivity index (χ4v) is 4.58.